The first kappa shape index (κ1) is 21.6. The number of halogens is 2. The predicted octanol–water partition coefficient (Wildman–Crippen LogP) is -4.61. The van der Waals surface area contributed by atoms with Crippen molar-refractivity contribution in [3.05, 3.63) is 22.1 Å². The Hall–Kier alpha value is 0.331. The summed E-state index contributed by atoms with van der Waals surface area (Å²) in [7, 11) is -0.570. The minimum absolute atomic E-state index is 0. The van der Waals surface area contributed by atoms with Crippen LogP contribution in [0.2, 0.25) is 13.1 Å². The van der Waals surface area contributed by atoms with E-state index in [9.17, 15) is 4.79 Å². The molecule has 0 fully saturated rings. The molecular weight excluding hydrogens is 297 g/mol. The van der Waals surface area contributed by atoms with Crippen LogP contribution < -0.4 is 30.5 Å². The second kappa shape index (κ2) is 11.8. The molecule has 1 aliphatic carbocycles. The van der Waals surface area contributed by atoms with E-state index in [0.717, 1.165) is 5.17 Å². The van der Waals surface area contributed by atoms with E-state index in [2.05, 4.69) is 38.7 Å². The van der Waals surface area contributed by atoms with Crippen molar-refractivity contribution >= 4 is 19.5 Å². The van der Waals surface area contributed by atoms with E-state index in [-0.39, 0.29) is 30.7 Å². The molecule has 0 saturated carbocycles. The van der Waals surface area contributed by atoms with Crippen molar-refractivity contribution in [3.8, 4) is 0 Å². The normalized spacial score (nSPS) is 11.2. The first-order chi connectivity index (χ1) is 6.45. The molecule has 1 amide bonds. The van der Waals surface area contributed by atoms with Crippen LogP contribution in [-0.2, 0) is 25.2 Å². The van der Waals surface area contributed by atoms with Crippen molar-refractivity contribution in [2.75, 3.05) is 0 Å². The van der Waals surface area contributed by atoms with Gasteiger partial charge >= 0.3 is 49.0 Å². The van der Waals surface area contributed by atoms with Crippen LogP contribution in [0.3, 0.4) is 0 Å². The quantitative estimate of drug-likeness (QED) is 0.487. The number of amides is 1. The van der Waals surface area contributed by atoms with Crippen LogP contribution >= 0.6 is 0 Å². The first-order valence-electron chi connectivity index (χ1n) is 4.46. The van der Waals surface area contributed by atoms with Crippen molar-refractivity contribution in [1.82, 2.24) is 0 Å². The summed E-state index contributed by atoms with van der Waals surface area (Å²) in [6.07, 6.45) is 7.56. The third-order valence-corrected chi connectivity index (χ3v) is 4.22. The molecule has 2 nitrogen and oxygen atoms in total. The van der Waals surface area contributed by atoms with Crippen molar-refractivity contribution in [1.29, 1.82) is 0 Å². The number of rotatable bonds is 1. The fraction of sp³-hybridized carbons (Fsp3) is 0.400. The van der Waals surface area contributed by atoms with Gasteiger partial charge in [-0.2, -0.15) is 0 Å². The molecule has 1 aliphatic rings. The van der Waals surface area contributed by atoms with Gasteiger partial charge in [0, 0.05) is 8.41 Å². The molecule has 0 aromatic carbocycles. The van der Waals surface area contributed by atoms with Crippen LogP contribution in [0.25, 0.3) is 0 Å². The van der Waals surface area contributed by atoms with Crippen molar-refractivity contribution in [2.24, 2.45) is 5.73 Å². The van der Waals surface area contributed by atoms with Crippen LogP contribution in [0.1, 0.15) is 13.3 Å². The number of carbonyl (C=O) groups excluding carboxylic acids is 1. The van der Waals surface area contributed by atoms with E-state index in [1.807, 2.05) is 13.1 Å². The standard InChI is InChI=1S/C5H11NOSi.C5H5.2ClH.Ti/c1-4(5(6)7)8(2)3;1-2-4-5-3-1;;;/h1-3H3,(H2,6,7);1-3H,4H2;2*1H;/q;;;;+2/p-2. The summed E-state index contributed by atoms with van der Waals surface area (Å²) in [6, 6.07) is 0. The van der Waals surface area contributed by atoms with Gasteiger partial charge in [0.1, 0.15) is 0 Å². The SMILES string of the molecule is CC(C(N)=O)=[Si](C)C.[Cl-].[Cl-].[Ti+2][C]1=CC=CC1. The molecule has 6 heteroatoms. The van der Waals surface area contributed by atoms with E-state index in [1.54, 1.807) is 6.92 Å². The molecule has 16 heavy (non-hydrogen) atoms. The summed E-state index contributed by atoms with van der Waals surface area (Å²) >= 11 is 2.14. The average Bonchev–Trinajstić information content (AvgIpc) is 2.55. The Labute approximate surface area is 123 Å². The zero-order valence-corrected chi connectivity index (χ0v) is 13.8. The molecule has 1 rings (SSSR count). The maximum atomic E-state index is 10.4. The van der Waals surface area contributed by atoms with Gasteiger partial charge in [0.05, 0.1) is 0 Å². The summed E-state index contributed by atoms with van der Waals surface area (Å²) in [5.74, 6) is -0.246. The Balaban J connectivity index is -0.000000192. The van der Waals surface area contributed by atoms with Gasteiger partial charge in [-0.1, -0.05) is 13.1 Å². The molecule has 0 aromatic rings. The molecule has 89 valence electrons. The van der Waals surface area contributed by atoms with E-state index in [1.165, 1.54) is 10.3 Å². The molecule has 2 N–H and O–H groups in total. The summed E-state index contributed by atoms with van der Waals surface area (Å²) < 4.78 is 1.47. The fourth-order valence-electron chi connectivity index (χ4n) is 0.694. The Kier molecular flexibility index (Phi) is 15.9. The van der Waals surface area contributed by atoms with Gasteiger partial charge in [-0.3, -0.25) is 4.79 Å². The van der Waals surface area contributed by atoms with Gasteiger partial charge < -0.3 is 30.5 Å². The molecule has 0 bridgehead atoms. The first-order valence-corrected chi connectivity index (χ1v) is 7.74. The van der Waals surface area contributed by atoms with Crippen molar-refractivity contribution in [2.45, 2.75) is 26.4 Å². The summed E-state index contributed by atoms with van der Waals surface area (Å²) in [4.78, 5) is 10.4. The van der Waals surface area contributed by atoms with E-state index >= 15 is 0 Å². The van der Waals surface area contributed by atoms with Gasteiger partial charge in [-0.25, -0.2) is 0 Å². The van der Waals surface area contributed by atoms with Gasteiger partial charge in [0.25, 0.3) is 0 Å². The van der Waals surface area contributed by atoms with Gasteiger partial charge in [-0.15, -0.1) is 0 Å². The molecule has 0 aromatic heterocycles. The van der Waals surface area contributed by atoms with Crippen LogP contribution in [-0.4, -0.2) is 19.5 Å². The number of nitrogens with two attached hydrogens (primary N) is 1. The molecule has 0 atom stereocenters. The molecule has 0 spiro atoms. The summed E-state index contributed by atoms with van der Waals surface area (Å²) in [6.45, 7) is 5.89. The van der Waals surface area contributed by atoms with Crippen molar-refractivity contribution < 1.29 is 50.0 Å². The number of hydrogen-bond acceptors (Lipinski definition) is 1. The molecule has 0 heterocycles. The molecule has 0 unspecified atom stereocenters. The molecule has 0 aliphatic heterocycles. The van der Waals surface area contributed by atoms with Gasteiger partial charge in [0.15, 0.2) is 0 Å². The number of primary amides is 1. The Morgan fingerprint density at radius 1 is 1.44 bits per heavy atom. The second-order valence-corrected chi connectivity index (χ2v) is 7.07. The molecular formula is C10H16Cl2NOSiTi. The van der Waals surface area contributed by atoms with Crippen LogP contribution in [0.5, 0.6) is 0 Å². The average molecular weight is 313 g/mol. The van der Waals surface area contributed by atoms with Crippen molar-refractivity contribution in [3.63, 3.8) is 0 Å². The zero-order valence-electron chi connectivity index (χ0n) is 9.68. The monoisotopic (exact) mass is 312 g/mol. The zero-order chi connectivity index (χ0) is 11.1. The Morgan fingerprint density at radius 2 is 1.94 bits per heavy atom. The van der Waals surface area contributed by atoms with E-state index in [0.29, 0.717) is 0 Å². The third-order valence-electron chi connectivity index (χ3n) is 1.89. The van der Waals surface area contributed by atoms with E-state index in [4.69, 9.17) is 5.73 Å². The fourth-order valence-corrected chi connectivity index (χ4v) is 1.52. The summed E-state index contributed by atoms with van der Waals surface area (Å²) in [5, 5.41) is 0.843. The molecule has 0 radical (unpaired) electrons. The number of allylic oxidation sites excluding steroid dienone is 4. The number of carbonyl (C=O) groups is 1. The van der Waals surface area contributed by atoms with E-state index < -0.39 is 8.41 Å². The Bertz CT molecular complexity index is 310. The van der Waals surface area contributed by atoms with Gasteiger partial charge in [-0.05, 0) is 12.1 Å². The summed E-state index contributed by atoms with van der Waals surface area (Å²) in [5.41, 5.74) is 4.99. The third kappa shape index (κ3) is 10.8. The molecule has 0 saturated heterocycles. The minimum atomic E-state index is -0.570. The van der Waals surface area contributed by atoms with Gasteiger partial charge in [0.2, 0.25) is 5.91 Å². The van der Waals surface area contributed by atoms with Crippen LogP contribution in [0.15, 0.2) is 22.1 Å². The number of hydrogen-bond donors (Lipinski definition) is 1. The topological polar surface area (TPSA) is 43.1 Å². The van der Waals surface area contributed by atoms with Crippen LogP contribution in [0, 0.1) is 0 Å². The van der Waals surface area contributed by atoms with Crippen LogP contribution in [0.4, 0.5) is 0 Å². The second-order valence-electron chi connectivity index (χ2n) is 3.31. The Morgan fingerprint density at radius 3 is 2.00 bits per heavy atom. The maximum absolute atomic E-state index is 10.4. The predicted molar refractivity (Wildman–Crippen MR) is 59.2 cm³/mol.